The molecule has 0 saturated heterocycles. The molecule has 0 aliphatic heterocycles. The Hall–Kier alpha value is -4.25. The summed E-state index contributed by atoms with van der Waals surface area (Å²) in [4.78, 5) is 7.54. The van der Waals surface area contributed by atoms with Gasteiger partial charge in [0.15, 0.2) is 5.69 Å². The highest BCUT2D eigenvalue weighted by atomic mass is 19.1. The van der Waals surface area contributed by atoms with Gasteiger partial charge in [0.1, 0.15) is 30.1 Å². The van der Waals surface area contributed by atoms with Gasteiger partial charge in [-0.25, -0.2) is 14.2 Å². The van der Waals surface area contributed by atoms with Crippen molar-refractivity contribution >= 4 is 17.8 Å². The van der Waals surface area contributed by atoms with Gasteiger partial charge >= 0.3 is 0 Å². The molecule has 0 spiro atoms. The van der Waals surface area contributed by atoms with Crippen molar-refractivity contribution < 1.29 is 13.5 Å². The van der Waals surface area contributed by atoms with Gasteiger partial charge in [0, 0.05) is 24.4 Å². The van der Waals surface area contributed by atoms with E-state index in [0.717, 1.165) is 31.6 Å². The van der Waals surface area contributed by atoms with Gasteiger partial charge in [0.05, 0.1) is 12.8 Å². The summed E-state index contributed by atoms with van der Waals surface area (Å²) < 4.78 is 27.0. The van der Waals surface area contributed by atoms with Crippen molar-refractivity contribution in [1.29, 1.82) is 0 Å². The Morgan fingerprint density at radius 3 is 2.76 bits per heavy atom. The Labute approximate surface area is 191 Å². The van der Waals surface area contributed by atoms with Crippen LogP contribution in [-0.2, 0) is 19.6 Å². The van der Waals surface area contributed by atoms with E-state index < -0.39 is 5.82 Å². The molecule has 0 unspecified atom stereocenters. The Morgan fingerprint density at radius 2 is 2.00 bits per heavy atom. The molecule has 2 heterocycles. The average molecular weight is 443 g/mol. The quantitative estimate of drug-likeness (QED) is 0.231. The molecule has 4 aromatic rings. The summed E-state index contributed by atoms with van der Waals surface area (Å²) in [6.45, 7) is 8.06. The first kappa shape index (κ1) is 22.0. The number of benzene rings is 2. The van der Waals surface area contributed by atoms with Crippen molar-refractivity contribution in [2.45, 2.75) is 32.4 Å². The highest BCUT2D eigenvalue weighted by molar-refractivity contribution is 5.67. The third kappa shape index (κ3) is 6.37. The molecule has 0 aliphatic carbocycles. The zero-order valence-electron chi connectivity index (χ0n) is 17.9. The highest BCUT2D eigenvalue weighted by Crippen LogP contribution is 2.20. The van der Waals surface area contributed by atoms with Crippen LogP contribution in [0.1, 0.15) is 35.6 Å². The smallest absolute Gasteiger partial charge is 0.218 e. The fourth-order valence-electron chi connectivity index (χ4n) is 3.21. The molecule has 0 amide bonds. The monoisotopic (exact) mass is 443 g/mol. The number of rotatable bonds is 10. The molecule has 0 atom stereocenters. The lowest BCUT2D eigenvalue weighted by Crippen LogP contribution is -1.99. The molecule has 0 saturated carbocycles. The van der Waals surface area contributed by atoms with Gasteiger partial charge in [0.25, 0.3) is 0 Å². The number of hydrogen-bond acceptors (Lipinski definition) is 5. The summed E-state index contributed by atoms with van der Waals surface area (Å²) >= 11 is 0. The number of halogens is 1. The number of nitrogens with zero attached hydrogens (tertiary/aromatic N) is 5. The van der Waals surface area contributed by atoms with Crippen LogP contribution >= 0.6 is 0 Å². The van der Waals surface area contributed by atoms with Crippen molar-refractivity contribution in [3.8, 4) is 5.75 Å². The molecule has 4 rings (SSSR count). The topological polar surface area (TPSA) is 70.3 Å². The van der Waals surface area contributed by atoms with E-state index in [1.54, 1.807) is 30.5 Å². The predicted octanol–water partition coefficient (Wildman–Crippen LogP) is 5.73. The molecule has 8 heteroatoms. The minimum Gasteiger partial charge on any atom is -0.487 e. The number of unbranched alkanes of at least 4 members (excludes halogenated alkanes) is 1. The lowest BCUT2D eigenvalue weighted by atomic mass is 10.1. The fraction of sp³-hybridized carbons (Fsp3) is 0.200. The Balaban J connectivity index is 1.23. The van der Waals surface area contributed by atoms with Crippen LogP contribution in [0.2, 0.25) is 0 Å². The SMILES string of the molecule is [C-]#[N+]c1ccc(/C=C/c2nc(COc3ccc(CCCCn4ccnn4)cc3)co2)c(F)c1. The zero-order valence-corrected chi connectivity index (χ0v) is 17.9. The number of hydrogen-bond donors (Lipinski definition) is 0. The summed E-state index contributed by atoms with van der Waals surface area (Å²) in [6.07, 6.45) is 11.3. The maximum absolute atomic E-state index is 14.0. The summed E-state index contributed by atoms with van der Waals surface area (Å²) in [6, 6.07) is 12.3. The third-order valence-corrected chi connectivity index (χ3v) is 4.97. The normalized spacial score (nSPS) is 11.0. The molecule has 0 N–H and O–H groups in total. The van der Waals surface area contributed by atoms with Crippen molar-refractivity contribution in [3.63, 3.8) is 0 Å². The van der Waals surface area contributed by atoms with Crippen LogP contribution in [0.5, 0.6) is 5.75 Å². The molecule has 0 bridgehead atoms. The lowest BCUT2D eigenvalue weighted by molar-refractivity contribution is 0.301. The van der Waals surface area contributed by atoms with Crippen LogP contribution in [0, 0.1) is 12.4 Å². The van der Waals surface area contributed by atoms with Gasteiger partial charge in [-0.05, 0) is 49.1 Å². The van der Waals surface area contributed by atoms with Gasteiger partial charge in [-0.2, -0.15) is 0 Å². The minimum atomic E-state index is -0.464. The fourth-order valence-corrected chi connectivity index (χ4v) is 3.21. The minimum absolute atomic E-state index is 0.261. The van der Waals surface area contributed by atoms with E-state index in [0.29, 0.717) is 17.1 Å². The van der Waals surface area contributed by atoms with E-state index in [2.05, 4.69) is 32.3 Å². The van der Waals surface area contributed by atoms with Crippen LogP contribution in [0.25, 0.3) is 17.0 Å². The standard InChI is InChI=1S/C25H22FN5O2/c1-27-21-9-7-20(24(26)16-21)8-12-25-29-22(18-33-25)17-32-23-10-5-19(6-11-23)4-2-3-14-31-15-13-28-30-31/h5-13,15-16,18H,2-4,14,17H2/b12-8+. The van der Waals surface area contributed by atoms with Gasteiger partial charge in [-0.1, -0.05) is 29.5 Å². The molecule has 33 heavy (non-hydrogen) atoms. The largest absolute Gasteiger partial charge is 0.487 e. The maximum atomic E-state index is 14.0. The zero-order chi connectivity index (χ0) is 22.9. The van der Waals surface area contributed by atoms with Crippen molar-refractivity contribution in [2.75, 3.05) is 0 Å². The molecular formula is C25H22FN5O2. The molecule has 0 fully saturated rings. The molecule has 0 aliphatic rings. The van der Waals surface area contributed by atoms with Crippen LogP contribution in [0.4, 0.5) is 10.1 Å². The summed E-state index contributed by atoms with van der Waals surface area (Å²) in [5, 5.41) is 7.77. The van der Waals surface area contributed by atoms with Crippen molar-refractivity contribution in [1.82, 2.24) is 20.0 Å². The Bertz CT molecular complexity index is 1240. The van der Waals surface area contributed by atoms with Gasteiger partial charge < -0.3 is 9.15 Å². The van der Waals surface area contributed by atoms with Crippen LogP contribution < -0.4 is 4.74 Å². The summed E-state index contributed by atoms with van der Waals surface area (Å²) in [5.74, 6) is 0.639. The first-order valence-corrected chi connectivity index (χ1v) is 10.5. The molecular weight excluding hydrogens is 421 g/mol. The van der Waals surface area contributed by atoms with E-state index in [1.807, 2.05) is 23.0 Å². The number of ether oxygens (including phenoxy) is 1. The molecule has 2 aromatic carbocycles. The van der Waals surface area contributed by atoms with E-state index in [-0.39, 0.29) is 12.3 Å². The third-order valence-electron chi connectivity index (χ3n) is 4.97. The maximum Gasteiger partial charge on any atom is 0.218 e. The van der Waals surface area contributed by atoms with E-state index >= 15 is 0 Å². The number of aryl methyl sites for hydroxylation is 2. The lowest BCUT2D eigenvalue weighted by Gasteiger charge is -2.06. The Morgan fingerprint density at radius 1 is 1.12 bits per heavy atom. The summed E-state index contributed by atoms with van der Waals surface area (Å²) in [5.41, 5.74) is 2.51. The summed E-state index contributed by atoms with van der Waals surface area (Å²) in [7, 11) is 0. The van der Waals surface area contributed by atoms with E-state index in [9.17, 15) is 4.39 Å². The van der Waals surface area contributed by atoms with Crippen LogP contribution in [0.3, 0.4) is 0 Å². The van der Waals surface area contributed by atoms with E-state index in [1.165, 1.54) is 17.9 Å². The Kier molecular flexibility index (Phi) is 7.23. The van der Waals surface area contributed by atoms with Gasteiger partial charge in [-0.15, -0.1) is 5.10 Å². The molecule has 2 aromatic heterocycles. The number of oxazole rings is 1. The first-order valence-electron chi connectivity index (χ1n) is 10.5. The first-order chi connectivity index (χ1) is 16.2. The van der Waals surface area contributed by atoms with Gasteiger partial charge in [0.2, 0.25) is 5.89 Å². The van der Waals surface area contributed by atoms with Crippen molar-refractivity contribution in [2.24, 2.45) is 0 Å². The predicted molar refractivity (Wildman–Crippen MR) is 122 cm³/mol. The molecule has 0 radical (unpaired) electrons. The second-order valence-corrected chi connectivity index (χ2v) is 7.38. The second kappa shape index (κ2) is 10.9. The van der Waals surface area contributed by atoms with E-state index in [4.69, 9.17) is 15.7 Å². The van der Waals surface area contributed by atoms with Crippen LogP contribution in [-0.4, -0.2) is 20.0 Å². The molecule has 7 nitrogen and oxygen atoms in total. The highest BCUT2D eigenvalue weighted by Gasteiger charge is 2.05. The van der Waals surface area contributed by atoms with Gasteiger partial charge in [-0.3, -0.25) is 4.68 Å². The van der Waals surface area contributed by atoms with Crippen LogP contribution in [0.15, 0.2) is 65.5 Å². The second-order valence-electron chi connectivity index (χ2n) is 7.38. The van der Waals surface area contributed by atoms with Crippen molar-refractivity contribution in [3.05, 3.63) is 101 Å². The number of aromatic nitrogens is 4. The average Bonchev–Trinajstić information content (AvgIpc) is 3.52. The molecule has 166 valence electrons.